The molecule has 0 unspecified atom stereocenters. The number of rotatable bonds is 3. The molecule has 0 atom stereocenters. The number of anilines is 1. The number of non-ortho nitro benzene ring substituents is 1. The van der Waals surface area contributed by atoms with Crippen LogP contribution in [0.3, 0.4) is 0 Å². The van der Waals surface area contributed by atoms with Crippen LogP contribution in [0.1, 0.15) is 18.4 Å². The van der Waals surface area contributed by atoms with Gasteiger partial charge < -0.3 is 5.32 Å². The second-order valence-corrected chi connectivity index (χ2v) is 4.15. The van der Waals surface area contributed by atoms with Gasteiger partial charge in [0.15, 0.2) is 0 Å². The molecule has 2 amide bonds. The minimum Gasteiger partial charge on any atom is -0.320 e. The van der Waals surface area contributed by atoms with Crippen molar-refractivity contribution in [3.05, 3.63) is 33.9 Å². The zero-order valence-corrected chi connectivity index (χ0v) is 10.6. The van der Waals surface area contributed by atoms with Crippen LogP contribution in [-0.2, 0) is 9.59 Å². The molecule has 21 heavy (non-hydrogen) atoms. The second kappa shape index (κ2) is 5.79. The summed E-state index contributed by atoms with van der Waals surface area (Å²) in [4.78, 5) is 32.9. The maximum absolute atomic E-state index is 11.9. The summed E-state index contributed by atoms with van der Waals surface area (Å²) in [5, 5.41) is 25.7. The highest BCUT2D eigenvalue weighted by Gasteiger charge is 2.20. The van der Waals surface area contributed by atoms with Crippen molar-refractivity contribution in [3.63, 3.8) is 0 Å². The molecule has 1 aliphatic rings. The van der Waals surface area contributed by atoms with E-state index < -0.39 is 10.8 Å². The van der Waals surface area contributed by atoms with Crippen molar-refractivity contribution in [3.8, 4) is 6.07 Å². The van der Waals surface area contributed by atoms with Gasteiger partial charge in [-0.15, -0.1) is 0 Å². The highest BCUT2D eigenvalue weighted by Crippen LogP contribution is 2.21. The molecule has 0 aliphatic carbocycles. The van der Waals surface area contributed by atoms with Crippen LogP contribution >= 0.6 is 0 Å². The number of benzene rings is 1. The van der Waals surface area contributed by atoms with Crippen molar-refractivity contribution in [1.29, 1.82) is 5.26 Å². The highest BCUT2D eigenvalue weighted by atomic mass is 16.6. The summed E-state index contributed by atoms with van der Waals surface area (Å²) in [5.74, 6) is -0.847. The monoisotopic (exact) mass is 287 g/mol. The van der Waals surface area contributed by atoms with Gasteiger partial charge in [-0.25, -0.2) is 5.43 Å². The molecule has 0 saturated carbocycles. The Kier molecular flexibility index (Phi) is 3.90. The SMILES string of the molecule is N#Cc1cc([N+](=O)[O-])ccc1NC(=O)C1=NNC(=O)CC1. The molecule has 1 aromatic rings. The Morgan fingerprint density at radius 1 is 1.48 bits per heavy atom. The molecule has 0 bridgehead atoms. The van der Waals surface area contributed by atoms with E-state index in [9.17, 15) is 19.7 Å². The molecule has 0 fully saturated rings. The molecule has 2 rings (SSSR count). The topological polar surface area (TPSA) is 137 Å². The van der Waals surface area contributed by atoms with Crippen LogP contribution in [0, 0.1) is 21.4 Å². The molecule has 9 heteroatoms. The molecule has 1 aromatic carbocycles. The van der Waals surface area contributed by atoms with Crippen LogP contribution in [0.15, 0.2) is 23.3 Å². The van der Waals surface area contributed by atoms with Gasteiger partial charge in [-0.3, -0.25) is 19.7 Å². The lowest BCUT2D eigenvalue weighted by molar-refractivity contribution is -0.384. The van der Waals surface area contributed by atoms with E-state index in [0.29, 0.717) is 0 Å². The van der Waals surface area contributed by atoms with E-state index in [-0.39, 0.29) is 41.4 Å². The molecule has 0 saturated heterocycles. The normalized spacial score (nSPS) is 13.7. The molecule has 0 aromatic heterocycles. The third-order valence-electron chi connectivity index (χ3n) is 2.75. The Bertz CT molecular complexity index is 704. The molecular weight excluding hydrogens is 278 g/mol. The first kappa shape index (κ1) is 14.1. The van der Waals surface area contributed by atoms with E-state index in [2.05, 4.69) is 15.8 Å². The van der Waals surface area contributed by atoms with Crippen LogP contribution in [0.25, 0.3) is 0 Å². The second-order valence-electron chi connectivity index (χ2n) is 4.15. The van der Waals surface area contributed by atoms with Crippen LogP contribution < -0.4 is 10.7 Å². The Morgan fingerprint density at radius 3 is 2.81 bits per heavy atom. The van der Waals surface area contributed by atoms with Crippen LogP contribution in [0.4, 0.5) is 11.4 Å². The van der Waals surface area contributed by atoms with Gasteiger partial charge >= 0.3 is 0 Å². The number of hydrogen-bond acceptors (Lipinski definition) is 6. The largest absolute Gasteiger partial charge is 0.320 e. The summed E-state index contributed by atoms with van der Waals surface area (Å²) in [6.45, 7) is 0. The van der Waals surface area contributed by atoms with E-state index in [1.54, 1.807) is 6.07 Å². The van der Waals surface area contributed by atoms with Gasteiger partial charge in [-0.05, 0) is 6.07 Å². The zero-order chi connectivity index (χ0) is 15.4. The highest BCUT2D eigenvalue weighted by molar-refractivity contribution is 6.43. The van der Waals surface area contributed by atoms with E-state index in [0.717, 1.165) is 6.07 Å². The number of nitriles is 1. The summed E-state index contributed by atoms with van der Waals surface area (Å²) in [6.07, 6.45) is 0.337. The van der Waals surface area contributed by atoms with Gasteiger partial charge in [0.05, 0.1) is 16.2 Å². The number of nitrogens with one attached hydrogen (secondary N) is 2. The van der Waals surface area contributed by atoms with Crippen LogP contribution in [0.2, 0.25) is 0 Å². The average Bonchev–Trinajstić information content (AvgIpc) is 2.48. The van der Waals surface area contributed by atoms with Crippen molar-refractivity contribution in [2.45, 2.75) is 12.8 Å². The number of hydrazone groups is 1. The minimum atomic E-state index is -0.632. The summed E-state index contributed by atoms with van der Waals surface area (Å²) in [7, 11) is 0. The minimum absolute atomic E-state index is 0.0296. The third-order valence-corrected chi connectivity index (χ3v) is 2.75. The fourth-order valence-electron chi connectivity index (χ4n) is 1.68. The van der Waals surface area contributed by atoms with Crippen molar-refractivity contribution >= 4 is 28.9 Å². The predicted molar refractivity (Wildman–Crippen MR) is 71.3 cm³/mol. The first-order valence-electron chi connectivity index (χ1n) is 5.86. The maximum atomic E-state index is 11.9. The first-order valence-corrected chi connectivity index (χ1v) is 5.86. The fourth-order valence-corrected chi connectivity index (χ4v) is 1.68. The van der Waals surface area contributed by atoms with Gasteiger partial charge in [0, 0.05) is 25.0 Å². The number of amides is 2. The lowest BCUT2D eigenvalue weighted by Gasteiger charge is -2.12. The van der Waals surface area contributed by atoms with E-state index in [1.807, 2.05) is 0 Å². The Labute approximate surface area is 118 Å². The van der Waals surface area contributed by atoms with Crippen molar-refractivity contribution in [1.82, 2.24) is 5.43 Å². The first-order chi connectivity index (χ1) is 10.0. The predicted octanol–water partition coefficient (Wildman–Crippen LogP) is 0.671. The maximum Gasteiger partial charge on any atom is 0.271 e. The molecule has 1 heterocycles. The molecule has 9 nitrogen and oxygen atoms in total. The number of carbonyl (C=O) groups is 2. The fraction of sp³-hybridized carbons (Fsp3) is 0.167. The van der Waals surface area contributed by atoms with Gasteiger partial charge in [0.2, 0.25) is 5.91 Å². The van der Waals surface area contributed by atoms with E-state index >= 15 is 0 Å². The van der Waals surface area contributed by atoms with Crippen LogP contribution in [0.5, 0.6) is 0 Å². The summed E-state index contributed by atoms with van der Waals surface area (Å²) in [5.41, 5.74) is 2.18. The standard InChI is InChI=1S/C12H9N5O4/c13-6-7-5-8(17(20)21)1-2-9(7)14-12(19)10-3-4-11(18)16-15-10/h1-2,5H,3-4H2,(H,14,19)(H,16,18). The molecule has 2 N–H and O–H groups in total. The zero-order valence-electron chi connectivity index (χ0n) is 10.6. The molecule has 0 spiro atoms. The summed E-state index contributed by atoms with van der Waals surface area (Å²) >= 11 is 0. The Hall–Kier alpha value is -3.28. The number of nitro benzene ring substituents is 1. The Morgan fingerprint density at radius 2 is 2.24 bits per heavy atom. The lowest BCUT2D eigenvalue weighted by atomic mass is 10.1. The number of nitrogens with zero attached hydrogens (tertiary/aromatic N) is 3. The average molecular weight is 287 g/mol. The number of nitro groups is 1. The molecule has 0 radical (unpaired) electrons. The van der Waals surface area contributed by atoms with Gasteiger partial charge in [0.1, 0.15) is 11.8 Å². The third kappa shape index (κ3) is 3.19. The van der Waals surface area contributed by atoms with Gasteiger partial charge in [0.25, 0.3) is 11.6 Å². The smallest absolute Gasteiger partial charge is 0.271 e. The summed E-state index contributed by atoms with van der Waals surface area (Å²) in [6, 6.07) is 5.30. The Balaban J connectivity index is 2.20. The lowest BCUT2D eigenvalue weighted by Crippen LogP contribution is -2.32. The molecular formula is C12H9N5O4. The molecule has 106 valence electrons. The van der Waals surface area contributed by atoms with E-state index in [1.165, 1.54) is 12.1 Å². The molecule has 1 aliphatic heterocycles. The summed E-state index contributed by atoms with van der Waals surface area (Å²) < 4.78 is 0. The van der Waals surface area contributed by atoms with Crippen molar-refractivity contribution in [2.75, 3.05) is 5.32 Å². The number of hydrogen-bond donors (Lipinski definition) is 2. The van der Waals surface area contributed by atoms with Crippen LogP contribution in [-0.4, -0.2) is 22.4 Å². The van der Waals surface area contributed by atoms with E-state index in [4.69, 9.17) is 5.26 Å². The van der Waals surface area contributed by atoms with Crippen molar-refractivity contribution in [2.24, 2.45) is 5.10 Å². The van der Waals surface area contributed by atoms with Gasteiger partial charge in [-0.1, -0.05) is 0 Å². The van der Waals surface area contributed by atoms with Crippen molar-refractivity contribution < 1.29 is 14.5 Å². The van der Waals surface area contributed by atoms with Gasteiger partial charge in [-0.2, -0.15) is 10.4 Å². The quantitative estimate of drug-likeness (QED) is 0.621. The number of carbonyl (C=O) groups excluding carboxylic acids is 2.